The third-order valence-corrected chi connectivity index (χ3v) is 3.78. The van der Waals surface area contributed by atoms with Crippen LogP contribution in [0.4, 0.5) is 0 Å². The molecule has 1 aliphatic heterocycles. The number of hydrogen-bond acceptors (Lipinski definition) is 3. The highest BCUT2D eigenvalue weighted by atomic mass is 16.2. The molecule has 0 aromatic carbocycles. The first-order valence-corrected chi connectivity index (χ1v) is 7.14. The summed E-state index contributed by atoms with van der Waals surface area (Å²) in [5, 5.41) is 7.76. The van der Waals surface area contributed by atoms with Crippen LogP contribution in [0.2, 0.25) is 0 Å². The summed E-state index contributed by atoms with van der Waals surface area (Å²) in [5.41, 5.74) is 0.551. The zero-order valence-electron chi connectivity index (χ0n) is 12.1. The van der Waals surface area contributed by atoms with E-state index in [0.717, 1.165) is 32.5 Å². The SMILES string of the molecule is CCCNC1CCN(C(=O)c2ccn(C)n2)CC1C. The number of aromatic nitrogens is 2. The van der Waals surface area contributed by atoms with Gasteiger partial charge in [-0.15, -0.1) is 0 Å². The van der Waals surface area contributed by atoms with E-state index in [-0.39, 0.29) is 5.91 Å². The second-order valence-corrected chi connectivity index (χ2v) is 5.45. The number of nitrogens with one attached hydrogen (secondary N) is 1. The topological polar surface area (TPSA) is 50.2 Å². The summed E-state index contributed by atoms with van der Waals surface area (Å²) >= 11 is 0. The molecular formula is C14H24N4O. The van der Waals surface area contributed by atoms with Crippen LogP contribution in [-0.4, -0.2) is 46.3 Å². The van der Waals surface area contributed by atoms with Gasteiger partial charge in [0, 0.05) is 32.4 Å². The van der Waals surface area contributed by atoms with Gasteiger partial charge in [-0.2, -0.15) is 5.10 Å². The predicted octanol–water partition coefficient (Wildman–Crippen LogP) is 1.27. The standard InChI is InChI=1S/C14H24N4O/c1-4-7-15-12-6-9-18(10-11(12)2)14(19)13-5-8-17(3)16-13/h5,8,11-12,15H,4,6-7,9-10H2,1-3H3. The number of piperidine rings is 1. The maximum absolute atomic E-state index is 12.3. The van der Waals surface area contributed by atoms with Gasteiger partial charge in [-0.3, -0.25) is 9.48 Å². The van der Waals surface area contributed by atoms with Crippen LogP contribution in [0.15, 0.2) is 12.3 Å². The molecule has 1 saturated heterocycles. The number of carbonyl (C=O) groups is 1. The van der Waals surface area contributed by atoms with Crippen molar-refractivity contribution in [3.63, 3.8) is 0 Å². The number of aryl methyl sites for hydroxylation is 1. The molecule has 2 rings (SSSR count). The molecule has 1 aromatic heterocycles. The average Bonchev–Trinajstić information content (AvgIpc) is 2.83. The van der Waals surface area contributed by atoms with Gasteiger partial charge in [0.1, 0.15) is 5.69 Å². The summed E-state index contributed by atoms with van der Waals surface area (Å²) < 4.78 is 1.67. The molecule has 0 saturated carbocycles. The number of likely N-dealkylation sites (tertiary alicyclic amines) is 1. The van der Waals surface area contributed by atoms with Crippen molar-refractivity contribution in [1.29, 1.82) is 0 Å². The number of nitrogens with zero attached hydrogens (tertiary/aromatic N) is 3. The molecule has 1 aliphatic rings. The third-order valence-electron chi connectivity index (χ3n) is 3.78. The van der Waals surface area contributed by atoms with Crippen molar-refractivity contribution in [3.05, 3.63) is 18.0 Å². The van der Waals surface area contributed by atoms with Crippen molar-refractivity contribution in [3.8, 4) is 0 Å². The first-order valence-electron chi connectivity index (χ1n) is 7.14. The molecule has 1 aromatic rings. The molecule has 0 aliphatic carbocycles. The van der Waals surface area contributed by atoms with Crippen LogP contribution in [0.25, 0.3) is 0 Å². The van der Waals surface area contributed by atoms with Crippen LogP contribution in [0.5, 0.6) is 0 Å². The summed E-state index contributed by atoms with van der Waals surface area (Å²) in [4.78, 5) is 14.2. The van der Waals surface area contributed by atoms with Crippen molar-refractivity contribution in [2.45, 2.75) is 32.7 Å². The molecule has 5 nitrogen and oxygen atoms in total. The van der Waals surface area contributed by atoms with Crippen LogP contribution in [0, 0.1) is 5.92 Å². The second-order valence-electron chi connectivity index (χ2n) is 5.45. The average molecular weight is 264 g/mol. The van der Waals surface area contributed by atoms with E-state index in [0.29, 0.717) is 17.7 Å². The summed E-state index contributed by atoms with van der Waals surface area (Å²) in [5.74, 6) is 0.550. The lowest BCUT2D eigenvalue weighted by molar-refractivity contribution is 0.0638. The third kappa shape index (κ3) is 3.35. The fraction of sp³-hybridized carbons (Fsp3) is 0.714. The molecule has 106 valence electrons. The van der Waals surface area contributed by atoms with E-state index < -0.39 is 0 Å². The smallest absolute Gasteiger partial charge is 0.274 e. The molecule has 1 fully saturated rings. The van der Waals surface area contributed by atoms with E-state index in [9.17, 15) is 4.79 Å². The van der Waals surface area contributed by atoms with E-state index >= 15 is 0 Å². The number of amides is 1. The maximum atomic E-state index is 12.3. The van der Waals surface area contributed by atoms with Crippen LogP contribution in [0.3, 0.4) is 0 Å². The van der Waals surface area contributed by atoms with E-state index in [2.05, 4.69) is 24.3 Å². The van der Waals surface area contributed by atoms with Crippen LogP contribution < -0.4 is 5.32 Å². The number of rotatable bonds is 4. The van der Waals surface area contributed by atoms with Crippen LogP contribution >= 0.6 is 0 Å². The Morgan fingerprint density at radius 3 is 2.95 bits per heavy atom. The van der Waals surface area contributed by atoms with E-state index in [1.54, 1.807) is 10.7 Å². The first-order chi connectivity index (χ1) is 9.11. The van der Waals surface area contributed by atoms with Gasteiger partial charge in [0.2, 0.25) is 0 Å². The lowest BCUT2D eigenvalue weighted by Gasteiger charge is -2.37. The van der Waals surface area contributed by atoms with Gasteiger partial charge in [0.25, 0.3) is 5.91 Å². The Morgan fingerprint density at radius 2 is 2.37 bits per heavy atom. The van der Waals surface area contributed by atoms with Crippen molar-refractivity contribution in [1.82, 2.24) is 20.0 Å². The minimum atomic E-state index is 0.0568. The second kappa shape index (κ2) is 6.19. The van der Waals surface area contributed by atoms with Gasteiger partial charge in [-0.05, 0) is 31.4 Å². The predicted molar refractivity (Wildman–Crippen MR) is 75.0 cm³/mol. The minimum absolute atomic E-state index is 0.0568. The Morgan fingerprint density at radius 1 is 1.58 bits per heavy atom. The Bertz CT molecular complexity index is 429. The summed E-state index contributed by atoms with van der Waals surface area (Å²) in [6.07, 6.45) is 3.99. The van der Waals surface area contributed by atoms with Crippen LogP contribution in [0.1, 0.15) is 37.2 Å². The van der Waals surface area contributed by atoms with Gasteiger partial charge < -0.3 is 10.2 Å². The van der Waals surface area contributed by atoms with Crippen molar-refractivity contribution in [2.24, 2.45) is 13.0 Å². The Labute approximate surface area is 115 Å². The zero-order chi connectivity index (χ0) is 13.8. The van der Waals surface area contributed by atoms with Crippen molar-refractivity contribution >= 4 is 5.91 Å². The molecule has 1 amide bonds. The van der Waals surface area contributed by atoms with E-state index in [1.165, 1.54) is 0 Å². The molecule has 0 radical (unpaired) electrons. The molecule has 1 N–H and O–H groups in total. The zero-order valence-corrected chi connectivity index (χ0v) is 12.1. The minimum Gasteiger partial charge on any atom is -0.337 e. The molecule has 2 unspecified atom stereocenters. The van der Waals surface area contributed by atoms with Crippen molar-refractivity contribution < 1.29 is 4.79 Å². The highest BCUT2D eigenvalue weighted by Gasteiger charge is 2.29. The largest absolute Gasteiger partial charge is 0.337 e. The van der Waals surface area contributed by atoms with Gasteiger partial charge in [0.05, 0.1) is 0 Å². The highest BCUT2D eigenvalue weighted by molar-refractivity contribution is 5.92. The van der Waals surface area contributed by atoms with Gasteiger partial charge in [-0.25, -0.2) is 0 Å². The maximum Gasteiger partial charge on any atom is 0.274 e. The molecule has 5 heteroatoms. The molecule has 0 bridgehead atoms. The quantitative estimate of drug-likeness (QED) is 0.891. The highest BCUT2D eigenvalue weighted by Crippen LogP contribution is 2.18. The Kier molecular flexibility index (Phi) is 4.58. The normalized spacial score (nSPS) is 23.6. The molecule has 2 atom stereocenters. The monoisotopic (exact) mass is 264 g/mol. The van der Waals surface area contributed by atoms with E-state index in [1.807, 2.05) is 18.1 Å². The van der Waals surface area contributed by atoms with E-state index in [4.69, 9.17) is 0 Å². The van der Waals surface area contributed by atoms with Gasteiger partial charge in [0.15, 0.2) is 0 Å². The molecular weight excluding hydrogens is 240 g/mol. The molecule has 19 heavy (non-hydrogen) atoms. The molecule has 2 heterocycles. The van der Waals surface area contributed by atoms with Crippen molar-refractivity contribution in [2.75, 3.05) is 19.6 Å². The fourth-order valence-electron chi connectivity index (χ4n) is 2.65. The lowest BCUT2D eigenvalue weighted by Crippen LogP contribution is -2.50. The fourth-order valence-corrected chi connectivity index (χ4v) is 2.65. The first kappa shape index (κ1) is 14.1. The van der Waals surface area contributed by atoms with Crippen LogP contribution in [-0.2, 0) is 7.05 Å². The summed E-state index contributed by atoms with van der Waals surface area (Å²) in [6.45, 7) is 7.09. The summed E-state index contributed by atoms with van der Waals surface area (Å²) in [7, 11) is 1.83. The van der Waals surface area contributed by atoms with Gasteiger partial charge >= 0.3 is 0 Å². The number of hydrogen-bond donors (Lipinski definition) is 1. The van der Waals surface area contributed by atoms with Gasteiger partial charge in [-0.1, -0.05) is 13.8 Å². The molecule has 0 spiro atoms. The number of carbonyl (C=O) groups excluding carboxylic acids is 1. The summed E-state index contributed by atoms with van der Waals surface area (Å²) in [6, 6.07) is 2.32. The Balaban J connectivity index is 1.92. The lowest BCUT2D eigenvalue weighted by atomic mass is 9.93. The Hall–Kier alpha value is -1.36.